The predicted octanol–water partition coefficient (Wildman–Crippen LogP) is -5.50. The molecule has 3 aliphatic heterocycles. The van der Waals surface area contributed by atoms with Crippen LogP contribution < -0.4 is 58.5 Å². The summed E-state index contributed by atoms with van der Waals surface area (Å²) in [4.78, 5) is 190. The molecule has 34 heteroatoms. The first-order chi connectivity index (χ1) is 44.2. The molecule has 2 fully saturated rings. The molecule has 3 aliphatic rings. The summed E-state index contributed by atoms with van der Waals surface area (Å²) in [5.74, 6) is -12.2. The lowest BCUT2D eigenvalue weighted by Crippen LogP contribution is -2.61. The van der Waals surface area contributed by atoms with Crippen molar-refractivity contribution >= 4 is 123 Å². The number of hydrogen-bond donors (Lipinski definition) is 16. The Hall–Kier alpha value is -8.54. The van der Waals surface area contributed by atoms with Gasteiger partial charge in [0.1, 0.15) is 48.3 Å². The Morgan fingerprint density at radius 1 is 0.860 bits per heavy atom. The van der Waals surface area contributed by atoms with Gasteiger partial charge in [-0.2, -0.15) is 12.6 Å². The second-order valence-electron chi connectivity index (χ2n) is 22.9. The molecule has 0 radical (unpaired) electrons. The lowest BCUT2D eigenvalue weighted by molar-refractivity contribution is -0.142. The minimum atomic E-state index is -2.14. The van der Waals surface area contributed by atoms with Crippen LogP contribution in [0.1, 0.15) is 70.9 Å². The zero-order valence-electron chi connectivity index (χ0n) is 51.7. The predicted molar refractivity (Wildman–Crippen MR) is 335 cm³/mol. The summed E-state index contributed by atoms with van der Waals surface area (Å²) < 4.78 is 14.2. The first-order valence-corrected chi connectivity index (χ1v) is 31.9. The van der Waals surface area contributed by atoms with Gasteiger partial charge in [-0.25, -0.2) is 0 Å². The number of thiol groups is 1. The summed E-state index contributed by atoms with van der Waals surface area (Å²) in [7, 11) is 1.39. The maximum atomic E-state index is 14.8. The molecule has 4 heterocycles. The number of likely N-dealkylation sites (tertiary alicyclic amines) is 2. The van der Waals surface area contributed by atoms with Gasteiger partial charge in [-0.3, -0.25) is 67.2 Å². The zero-order chi connectivity index (χ0) is 68.4. The maximum Gasteiger partial charge on any atom is 0.246 e. The number of benzene rings is 2. The van der Waals surface area contributed by atoms with Crippen molar-refractivity contribution in [2.75, 3.05) is 57.4 Å². The van der Waals surface area contributed by atoms with E-state index in [0.717, 1.165) is 9.80 Å². The number of aliphatic hydroxyl groups is 3. The van der Waals surface area contributed by atoms with Crippen LogP contribution in [0.15, 0.2) is 53.6 Å². The molecule has 12 unspecified atom stereocenters. The number of aldehydes is 1. The number of imide groups is 1. The fraction of sp³-hybridized carbons (Fsp3) is 0.525. The van der Waals surface area contributed by atoms with Crippen molar-refractivity contribution in [1.29, 1.82) is 0 Å². The molecule has 32 nitrogen and oxygen atoms in total. The summed E-state index contributed by atoms with van der Waals surface area (Å²) in [6.07, 6.45) is -3.84. The van der Waals surface area contributed by atoms with Gasteiger partial charge in [0, 0.05) is 84.6 Å². The monoisotopic (exact) mass is 1340 g/mol. The third-order valence-electron chi connectivity index (χ3n) is 16.1. The second-order valence-corrected chi connectivity index (χ2v) is 24.9. The van der Waals surface area contributed by atoms with E-state index >= 15 is 0 Å². The Labute approximate surface area is 542 Å². The van der Waals surface area contributed by atoms with E-state index < -0.39 is 211 Å². The highest BCUT2D eigenvalue weighted by Gasteiger charge is 2.44. The average molecular weight is 1340 g/mol. The highest BCUT2D eigenvalue weighted by molar-refractivity contribution is 7.91. The number of nitrogens with zero attached hydrogens (tertiary/aromatic N) is 2. The van der Waals surface area contributed by atoms with Crippen molar-refractivity contribution in [2.45, 2.75) is 138 Å². The van der Waals surface area contributed by atoms with E-state index in [1.165, 1.54) is 33.0 Å². The highest BCUT2D eigenvalue weighted by atomic mass is 32.2. The molecule has 93 heavy (non-hydrogen) atoms. The van der Waals surface area contributed by atoms with Crippen molar-refractivity contribution in [3.05, 3.63) is 59.7 Å². The smallest absolute Gasteiger partial charge is 0.246 e. The van der Waals surface area contributed by atoms with Gasteiger partial charge in [0.15, 0.2) is 0 Å². The molecule has 3 aromatic rings. The number of carbonyl (C=O) groups is 14. The Balaban J connectivity index is 1.10. The van der Waals surface area contributed by atoms with Crippen molar-refractivity contribution in [3.8, 4) is 0 Å². The third kappa shape index (κ3) is 20.2. The van der Waals surface area contributed by atoms with Gasteiger partial charge in [0.05, 0.1) is 56.2 Å². The summed E-state index contributed by atoms with van der Waals surface area (Å²) in [5, 5.41) is 59.5. The van der Waals surface area contributed by atoms with Crippen LogP contribution in [0.4, 0.5) is 5.69 Å². The van der Waals surface area contributed by atoms with E-state index in [1.54, 1.807) is 50.2 Å². The number of aromatic nitrogens is 1. The Morgan fingerprint density at radius 2 is 1.54 bits per heavy atom. The number of hydrogen-bond acceptors (Lipinski definition) is 20. The topological polar surface area (TPSA) is 477 Å². The largest absolute Gasteiger partial charge is 0.610 e. The van der Waals surface area contributed by atoms with Gasteiger partial charge in [-0.05, 0) is 43.7 Å². The van der Waals surface area contributed by atoms with Crippen molar-refractivity contribution in [2.24, 2.45) is 11.8 Å². The van der Waals surface area contributed by atoms with E-state index in [0.29, 0.717) is 34.9 Å². The van der Waals surface area contributed by atoms with E-state index in [-0.39, 0.29) is 42.9 Å². The third-order valence-corrected chi connectivity index (χ3v) is 17.9. The number of fused-ring (bicyclic) bond motifs is 3. The molecular formula is C59H80N14O18S2. The van der Waals surface area contributed by atoms with Crippen LogP contribution in [-0.4, -0.2) is 230 Å². The van der Waals surface area contributed by atoms with Crippen LogP contribution in [0.3, 0.4) is 0 Å². The minimum absolute atomic E-state index is 0.0125. The number of H-pyrrole nitrogens is 1. The number of likely N-dealkylation sites (N-methyl/N-ethyl adjacent to an activating group) is 1. The van der Waals surface area contributed by atoms with Crippen LogP contribution in [0.2, 0.25) is 0 Å². The van der Waals surface area contributed by atoms with Crippen molar-refractivity contribution < 1.29 is 87.0 Å². The minimum Gasteiger partial charge on any atom is -0.610 e. The van der Waals surface area contributed by atoms with E-state index in [4.69, 9.17) is 0 Å². The fourth-order valence-corrected chi connectivity index (χ4v) is 12.0. The molecule has 506 valence electrons. The molecule has 6 rings (SSSR count). The van der Waals surface area contributed by atoms with Crippen molar-refractivity contribution in [3.63, 3.8) is 0 Å². The number of β-amino-alcohol motifs (C(OH)–C–C–N with tert-alkyl or cyclic N) is 1. The number of amides is 13. The van der Waals surface area contributed by atoms with Crippen LogP contribution in [0, 0.1) is 11.8 Å². The first kappa shape index (κ1) is 73.5. The van der Waals surface area contributed by atoms with Gasteiger partial charge in [-0.15, -0.1) is 0 Å². The van der Waals surface area contributed by atoms with Gasteiger partial charge < -0.3 is 93.0 Å². The number of anilines is 1. The van der Waals surface area contributed by atoms with Gasteiger partial charge >= 0.3 is 0 Å². The molecular weight excluding hydrogens is 1260 g/mol. The number of carbonyl (C=O) groups excluding carboxylic acids is 14. The molecule has 0 spiro atoms. The molecule has 0 bridgehead atoms. The van der Waals surface area contributed by atoms with Crippen molar-refractivity contribution in [1.82, 2.24) is 68.0 Å². The van der Waals surface area contributed by atoms with Crippen LogP contribution in [0.25, 0.3) is 10.9 Å². The van der Waals surface area contributed by atoms with E-state index in [1.807, 2.05) is 0 Å². The van der Waals surface area contributed by atoms with Crippen LogP contribution in [0.5, 0.6) is 0 Å². The lowest BCUT2D eigenvalue weighted by atomic mass is 9.94. The first-order valence-electron chi connectivity index (χ1n) is 30.0. The molecule has 1 aromatic heterocycles. The number of para-hydroxylation sites is 1. The van der Waals surface area contributed by atoms with Gasteiger partial charge in [-0.1, -0.05) is 57.5 Å². The molecule has 15 N–H and O–H groups in total. The normalized spacial score (nSPS) is 22.8. The summed E-state index contributed by atoms with van der Waals surface area (Å²) in [6.45, 7) is 2.76. The molecule has 2 saturated heterocycles. The Morgan fingerprint density at radius 3 is 2.18 bits per heavy atom. The van der Waals surface area contributed by atoms with Crippen LogP contribution in [-0.2, 0) is 91.3 Å². The molecule has 13 atom stereocenters. The van der Waals surface area contributed by atoms with Gasteiger partial charge in [0.2, 0.25) is 81.8 Å². The molecule has 0 aliphatic carbocycles. The average Bonchev–Trinajstić information content (AvgIpc) is 1.67. The number of nitrogens with one attached hydrogen (secondary N) is 12. The van der Waals surface area contributed by atoms with Crippen LogP contribution >= 0.6 is 12.6 Å². The Bertz CT molecular complexity index is 3280. The number of aliphatic hydroxyl groups excluding tert-OH is 3. The number of rotatable bonds is 24. The SMILES string of the molecule is CCC(C)C1NC(=O)CNC(=O)C(NC(=O)C(NC(=O)C2CC(O)CN2C(=O)C(CC(=O)NCc2ccc(NC(=O)[C@H](C)NC(=O)CNC(=O)CCN3C(=O)CC(S)C3=O)cc2)NC)C(C)C(O)CO)Cc2c([nH]c3ccccc23)[S+]([O-])CC(C=O)NC(=O)CNC1=O. The lowest BCUT2D eigenvalue weighted by Gasteiger charge is -2.32. The summed E-state index contributed by atoms with van der Waals surface area (Å²) in [6, 6.07) is 2.90. The molecule has 13 amide bonds. The quantitative estimate of drug-likeness (QED) is 0.0172. The Kier molecular flexibility index (Phi) is 27.2. The van der Waals surface area contributed by atoms with E-state index in [2.05, 4.69) is 76.1 Å². The van der Waals surface area contributed by atoms with Gasteiger partial charge in [0.25, 0.3) is 0 Å². The summed E-state index contributed by atoms with van der Waals surface area (Å²) in [5.41, 5.74) is 1.49. The number of aromatic amines is 1. The standard InChI is InChI=1S/C59H80N14O18S2/c1-6-29(2)50-55(87)64-23-47(81)66-34(26-74)28-93(91)57-37(36-9-7-8-10-38(36)69-57)18-39(53(85)63-24-48(82)70-50)68-56(88)51(30(3)42(77)27-75)71-54(86)41-17-35(76)25-73(41)58(89)40(60-5)19-45(79)61-21-32-11-13-33(14-12-32)67-52(84)31(4)65-46(80)22-62-44(78)15-16-72-49(83)20-43(92)59(72)90/h7-14,26,29-31,34-35,39-43,50-51,60,69,75-77,92H,6,15-25,27-28H2,1-5H3,(H,61,79)(H,62,78)(H,63,85)(H,64,87)(H,65,80)(H,66,81)(H,67,84)(H,68,88)(H,70,82)(H,71,86)/t29?,30?,31-,34?,35?,39?,40?,41?,42?,43?,50?,51?,93?/m0/s1. The second kappa shape index (κ2) is 34.4. The zero-order valence-corrected chi connectivity index (χ0v) is 53.5. The summed E-state index contributed by atoms with van der Waals surface area (Å²) >= 11 is 1.89. The highest BCUT2D eigenvalue weighted by Crippen LogP contribution is 2.29. The molecule has 0 saturated carbocycles. The maximum absolute atomic E-state index is 14.8. The van der Waals surface area contributed by atoms with E-state index in [9.17, 15) is 87.0 Å². The molecule has 2 aromatic carbocycles. The fourth-order valence-electron chi connectivity index (χ4n) is 10.4.